The van der Waals surface area contributed by atoms with Crippen molar-refractivity contribution in [2.45, 2.75) is 19.9 Å². The van der Waals surface area contributed by atoms with Gasteiger partial charge in [-0.25, -0.2) is 4.39 Å². The first-order valence-corrected chi connectivity index (χ1v) is 6.38. The summed E-state index contributed by atoms with van der Waals surface area (Å²) >= 11 is 0. The molecule has 2 unspecified atom stereocenters. The molecule has 2 N–H and O–H groups in total. The number of nitrogens with one attached hydrogen (secondary N) is 2. The first kappa shape index (κ1) is 13.0. The number of rotatable bonds is 3. The van der Waals surface area contributed by atoms with Gasteiger partial charge in [-0.3, -0.25) is 4.79 Å². The van der Waals surface area contributed by atoms with Gasteiger partial charge in [0.2, 0.25) is 5.91 Å². The molecule has 0 aromatic heterocycles. The van der Waals surface area contributed by atoms with E-state index in [9.17, 15) is 9.18 Å². The molecule has 1 amide bonds. The molecule has 0 spiro atoms. The van der Waals surface area contributed by atoms with E-state index in [0.717, 1.165) is 25.1 Å². The van der Waals surface area contributed by atoms with Gasteiger partial charge < -0.3 is 10.6 Å². The molecule has 1 saturated heterocycles. The average Bonchev–Trinajstić information content (AvgIpc) is 2.38. The Hall–Kier alpha value is -1.42. The lowest BCUT2D eigenvalue weighted by molar-refractivity contribution is -0.126. The molecule has 98 valence electrons. The number of amides is 1. The van der Waals surface area contributed by atoms with Gasteiger partial charge in [0.1, 0.15) is 5.82 Å². The first-order chi connectivity index (χ1) is 8.65. The molecular weight excluding hydrogens is 231 g/mol. The molecule has 4 heteroatoms. The van der Waals surface area contributed by atoms with E-state index >= 15 is 0 Å². The molecule has 0 saturated carbocycles. The Bertz CT molecular complexity index is 405. The summed E-state index contributed by atoms with van der Waals surface area (Å²) in [6.07, 6.45) is 0.933. The van der Waals surface area contributed by atoms with Gasteiger partial charge in [0.15, 0.2) is 0 Å². The molecule has 0 radical (unpaired) electrons. The maximum Gasteiger partial charge on any atom is 0.224 e. The van der Waals surface area contributed by atoms with Gasteiger partial charge in [-0.1, -0.05) is 19.1 Å². The molecule has 1 heterocycles. The van der Waals surface area contributed by atoms with Gasteiger partial charge in [-0.2, -0.15) is 0 Å². The Morgan fingerprint density at radius 2 is 2.11 bits per heavy atom. The predicted molar refractivity (Wildman–Crippen MR) is 68.4 cm³/mol. The lowest BCUT2D eigenvalue weighted by Gasteiger charge is -2.26. The van der Waals surface area contributed by atoms with Crippen LogP contribution in [0.5, 0.6) is 0 Å². The summed E-state index contributed by atoms with van der Waals surface area (Å²) in [5.74, 6) is 0.420. The number of piperidine rings is 1. The molecule has 2 rings (SSSR count). The molecule has 3 nitrogen and oxygen atoms in total. The highest BCUT2D eigenvalue weighted by molar-refractivity contribution is 5.79. The minimum atomic E-state index is -0.254. The molecule has 1 aliphatic rings. The molecule has 1 fully saturated rings. The summed E-state index contributed by atoms with van der Waals surface area (Å²) in [6, 6.07) is 6.20. The summed E-state index contributed by atoms with van der Waals surface area (Å²) in [5, 5.41) is 6.17. The largest absolute Gasteiger partial charge is 0.352 e. The van der Waals surface area contributed by atoms with Crippen LogP contribution in [-0.2, 0) is 11.3 Å². The van der Waals surface area contributed by atoms with Crippen LogP contribution in [0.4, 0.5) is 4.39 Å². The molecule has 0 aliphatic carbocycles. The van der Waals surface area contributed by atoms with Crippen LogP contribution in [0.1, 0.15) is 18.9 Å². The zero-order valence-electron chi connectivity index (χ0n) is 10.6. The zero-order valence-corrected chi connectivity index (χ0v) is 10.6. The number of halogens is 1. The smallest absolute Gasteiger partial charge is 0.224 e. The Balaban J connectivity index is 1.82. The highest BCUT2D eigenvalue weighted by Crippen LogP contribution is 2.15. The Kier molecular flexibility index (Phi) is 4.31. The van der Waals surface area contributed by atoms with Crippen LogP contribution in [-0.4, -0.2) is 19.0 Å². The van der Waals surface area contributed by atoms with Crippen LogP contribution >= 0.6 is 0 Å². The fourth-order valence-corrected chi connectivity index (χ4v) is 2.29. The van der Waals surface area contributed by atoms with Crippen molar-refractivity contribution < 1.29 is 9.18 Å². The lowest BCUT2D eigenvalue weighted by Crippen LogP contribution is -2.43. The van der Waals surface area contributed by atoms with Crippen LogP contribution in [0.25, 0.3) is 0 Å². The van der Waals surface area contributed by atoms with E-state index in [1.54, 1.807) is 12.1 Å². The van der Waals surface area contributed by atoms with Crippen LogP contribution in [0, 0.1) is 17.7 Å². The van der Waals surface area contributed by atoms with Crippen molar-refractivity contribution in [3.8, 4) is 0 Å². The summed E-state index contributed by atoms with van der Waals surface area (Å²) in [7, 11) is 0. The SMILES string of the molecule is CC1CNCC(C(=O)NCc2ccc(F)cc2)C1. The van der Waals surface area contributed by atoms with E-state index in [1.165, 1.54) is 12.1 Å². The van der Waals surface area contributed by atoms with Crippen molar-refractivity contribution in [3.63, 3.8) is 0 Å². The highest BCUT2D eigenvalue weighted by atomic mass is 19.1. The van der Waals surface area contributed by atoms with Gasteiger partial charge in [-0.15, -0.1) is 0 Å². The third-order valence-electron chi connectivity index (χ3n) is 3.32. The van der Waals surface area contributed by atoms with Crippen molar-refractivity contribution >= 4 is 5.91 Å². The first-order valence-electron chi connectivity index (χ1n) is 6.38. The minimum absolute atomic E-state index is 0.0502. The normalized spacial score (nSPS) is 23.7. The third-order valence-corrected chi connectivity index (χ3v) is 3.32. The van der Waals surface area contributed by atoms with Gasteiger partial charge >= 0.3 is 0 Å². The molecule has 0 bridgehead atoms. The fraction of sp³-hybridized carbons (Fsp3) is 0.500. The van der Waals surface area contributed by atoms with Crippen LogP contribution < -0.4 is 10.6 Å². The van der Waals surface area contributed by atoms with Gasteiger partial charge in [0, 0.05) is 13.1 Å². The van der Waals surface area contributed by atoms with Gasteiger partial charge in [0.05, 0.1) is 5.92 Å². The predicted octanol–water partition coefficient (Wildman–Crippen LogP) is 1.69. The molecule has 1 aromatic rings. The van der Waals surface area contributed by atoms with Gasteiger partial charge in [0.25, 0.3) is 0 Å². The number of hydrogen-bond acceptors (Lipinski definition) is 2. The van der Waals surface area contributed by atoms with Crippen LogP contribution in [0.2, 0.25) is 0 Å². The van der Waals surface area contributed by atoms with Crippen molar-refractivity contribution in [1.29, 1.82) is 0 Å². The summed E-state index contributed by atoms with van der Waals surface area (Å²) in [4.78, 5) is 12.0. The van der Waals surface area contributed by atoms with Gasteiger partial charge in [-0.05, 0) is 36.6 Å². The maximum atomic E-state index is 12.7. The van der Waals surface area contributed by atoms with E-state index in [4.69, 9.17) is 0 Å². The van der Waals surface area contributed by atoms with Crippen LogP contribution in [0.15, 0.2) is 24.3 Å². The van der Waals surface area contributed by atoms with E-state index in [0.29, 0.717) is 12.5 Å². The summed E-state index contributed by atoms with van der Waals surface area (Å²) in [5.41, 5.74) is 0.918. The highest BCUT2D eigenvalue weighted by Gasteiger charge is 2.24. The standard InChI is InChI=1S/C14H19FN2O/c1-10-6-12(9-16-7-10)14(18)17-8-11-2-4-13(15)5-3-11/h2-5,10,12,16H,6-9H2,1H3,(H,17,18). The quantitative estimate of drug-likeness (QED) is 0.857. The molecule has 18 heavy (non-hydrogen) atoms. The van der Waals surface area contributed by atoms with E-state index < -0.39 is 0 Å². The molecule has 1 aromatic carbocycles. The summed E-state index contributed by atoms with van der Waals surface area (Å²) < 4.78 is 12.7. The number of benzene rings is 1. The molecular formula is C14H19FN2O. The number of carbonyl (C=O) groups is 1. The number of carbonyl (C=O) groups excluding carboxylic acids is 1. The third kappa shape index (κ3) is 3.53. The van der Waals surface area contributed by atoms with E-state index in [-0.39, 0.29) is 17.6 Å². The maximum absolute atomic E-state index is 12.7. The average molecular weight is 250 g/mol. The van der Waals surface area contributed by atoms with Crippen molar-refractivity contribution in [2.24, 2.45) is 11.8 Å². The Labute approximate surface area is 107 Å². The lowest BCUT2D eigenvalue weighted by atomic mass is 9.91. The number of hydrogen-bond donors (Lipinski definition) is 2. The Morgan fingerprint density at radius 3 is 2.78 bits per heavy atom. The zero-order chi connectivity index (χ0) is 13.0. The molecule has 1 aliphatic heterocycles. The topological polar surface area (TPSA) is 41.1 Å². The Morgan fingerprint density at radius 1 is 1.39 bits per heavy atom. The van der Waals surface area contributed by atoms with Crippen molar-refractivity contribution in [2.75, 3.05) is 13.1 Å². The minimum Gasteiger partial charge on any atom is -0.352 e. The fourth-order valence-electron chi connectivity index (χ4n) is 2.29. The summed E-state index contributed by atoms with van der Waals surface area (Å²) in [6.45, 7) is 4.34. The van der Waals surface area contributed by atoms with Crippen molar-refractivity contribution in [3.05, 3.63) is 35.6 Å². The molecule has 2 atom stereocenters. The van der Waals surface area contributed by atoms with Crippen LogP contribution in [0.3, 0.4) is 0 Å². The van der Waals surface area contributed by atoms with Crippen molar-refractivity contribution in [1.82, 2.24) is 10.6 Å². The second kappa shape index (κ2) is 5.96. The second-order valence-electron chi connectivity index (χ2n) is 5.04. The van der Waals surface area contributed by atoms with E-state index in [2.05, 4.69) is 17.6 Å². The second-order valence-corrected chi connectivity index (χ2v) is 5.04. The monoisotopic (exact) mass is 250 g/mol. The van der Waals surface area contributed by atoms with E-state index in [1.807, 2.05) is 0 Å².